The lowest BCUT2D eigenvalue weighted by Crippen LogP contribution is -2.38. The van der Waals surface area contributed by atoms with Crippen LogP contribution in [0.25, 0.3) is 0 Å². The monoisotopic (exact) mass is 252 g/mol. The van der Waals surface area contributed by atoms with E-state index in [0.29, 0.717) is 0 Å². The molecule has 1 atom stereocenters. The first-order valence-electron chi connectivity index (χ1n) is 5.97. The fourth-order valence-corrected chi connectivity index (χ4v) is 2.28. The van der Waals surface area contributed by atoms with Gasteiger partial charge in [0.15, 0.2) is 0 Å². The highest BCUT2D eigenvalue weighted by Gasteiger charge is 2.20. The van der Waals surface area contributed by atoms with Gasteiger partial charge < -0.3 is 10.6 Å². The highest BCUT2D eigenvalue weighted by atomic mass is 35.5. The quantitative estimate of drug-likeness (QED) is 0.850. The highest BCUT2D eigenvalue weighted by Crippen LogP contribution is 2.21. The Balaban J connectivity index is 2.10. The van der Waals surface area contributed by atoms with Crippen molar-refractivity contribution >= 4 is 23.2 Å². The van der Waals surface area contributed by atoms with Gasteiger partial charge >= 0.3 is 0 Å². The van der Waals surface area contributed by atoms with Gasteiger partial charge in [0.05, 0.1) is 0 Å². The lowest BCUT2D eigenvalue weighted by molar-refractivity contribution is -0.121. The summed E-state index contributed by atoms with van der Waals surface area (Å²) in [5.74, 6) is 0.0943. The summed E-state index contributed by atoms with van der Waals surface area (Å²) >= 11 is 5.91. The summed E-state index contributed by atoms with van der Waals surface area (Å²) in [5, 5.41) is 6.93. The molecule has 1 heterocycles. The van der Waals surface area contributed by atoms with E-state index in [1.54, 1.807) is 0 Å². The van der Waals surface area contributed by atoms with Crippen LogP contribution in [0.15, 0.2) is 18.2 Å². The molecule has 0 bridgehead atoms. The zero-order chi connectivity index (χ0) is 12.3. The van der Waals surface area contributed by atoms with Crippen LogP contribution in [0.3, 0.4) is 0 Å². The third-order valence-electron chi connectivity index (χ3n) is 3.05. The number of aryl methyl sites for hydroxylation is 1. The lowest BCUT2D eigenvalue weighted by atomic mass is 10.1. The minimum Gasteiger partial charge on any atom is -0.373 e. The maximum Gasteiger partial charge on any atom is 0.242 e. The number of carbonyl (C=O) groups excluding carboxylic acids is 1. The fraction of sp³-hybridized carbons (Fsp3) is 0.462. The first kappa shape index (κ1) is 12.2. The van der Waals surface area contributed by atoms with Crippen LogP contribution in [-0.2, 0) is 4.79 Å². The lowest BCUT2D eigenvalue weighted by Gasteiger charge is -2.18. The molecular formula is C13H17ClN2O. The van der Waals surface area contributed by atoms with E-state index in [-0.39, 0.29) is 11.9 Å². The number of rotatable bonds is 2. The molecule has 1 fully saturated rings. The minimum atomic E-state index is -0.127. The van der Waals surface area contributed by atoms with Crippen LogP contribution < -0.4 is 10.6 Å². The second-order valence-electron chi connectivity index (χ2n) is 4.44. The Morgan fingerprint density at radius 2 is 2.24 bits per heavy atom. The van der Waals surface area contributed by atoms with Crippen LogP contribution >= 0.6 is 11.6 Å². The number of benzene rings is 1. The molecule has 1 amide bonds. The van der Waals surface area contributed by atoms with Gasteiger partial charge in [-0.3, -0.25) is 4.79 Å². The Morgan fingerprint density at radius 3 is 3.00 bits per heavy atom. The second kappa shape index (κ2) is 5.41. The second-order valence-corrected chi connectivity index (χ2v) is 4.88. The zero-order valence-corrected chi connectivity index (χ0v) is 10.7. The summed E-state index contributed by atoms with van der Waals surface area (Å²) < 4.78 is 0. The molecule has 1 aromatic carbocycles. The average Bonchev–Trinajstić information content (AvgIpc) is 2.48. The summed E-state index contributed by atoms with van der Waals surface area (Å²) in [6.45, 7) is 2.78. The van der Waals surface area contributed by atoms with Gasteiger partial charge in [-0.25, -0.2) is 0 Å². The van der Waals surface area contributed by atoms with E-state index in [1.807, 2.05) is 25.1 Å². The topological polar surface area (TPSA) is 41.1 Å². The first-order chi connectivity index (χ1) is 8.16. The third-order valence-corrected chi connectivity index (χ3v) is 3.29. The maximum absolute atomic E-state index is 11.8. The molecule has 2 rings (SSSR count). The number of nitrogens with one attached hydrogen (secondary N) is 2. The fourth-order valence-electron chi connectivity index (χ4n) is 2.05. The summed E-state index contributed by atoms with van der Waals surface area (Å²) in [6.07, 6.45) is 3.01. The Bertz CT molecular complexity index is 420. The summed E-state index contributed by atoms with van der Waals surface area (Å²) in [7, 11) is 0. The third kappa shape index (κ3) is 3.13. The molecule has 0 spiro atoms. The minimum absolute atomic E-state index is 0.0943. The largest absolute Gasteiger partial charge is 0.373 e. The van der Waals surface area contributed by atoms with E-state index in [1.165, 1.54) is 0 Å². The van der Waals surface area contributed by atoms with Crippen LogP contribution in [0.4, 0.5) is 5.69 Å². The Morgan fingerprint density at radius 1 is 1.41 bits per heavy atom. The number of anilines is 1. The molecule has 0 aromatic heterocycles. The SMILES string of the molecule is Cc1cc(Cl)ccc1NC1CCCCNC1=O. The van der Waals surface area contributed by atoms with E-state index in [0.717, 1.165) is 42.1 Å². The van der Waals surface area contributed by atoms with E-state index in [9.17, 15) is 4.79 Å². The van der Waals surface area contributed by atoms with Gasteiger partial charge in [-0.15, -0.1) is 0 Å². The van der Waals surface area contributed by atoms with Crippen molar-refractivity contribution in [2.75, 3.05) is 11.9 Å². The number of halogens is 1. The molecule has 92 valence electrons. The van der Waals surface area contributed by atoms with Crippen molar-refractivity contribution in [2.24, 2.45) is 0 Å². The van der Waals surface area contributed by atoms with Crippen molar-refractivity contribution in [3.8, 4) is 0 Å². The molecule has 1 aliphatic rings. The van der Waals surface area contributed by atoms with E-state index in [2.05, 4.69) is 10.6 Å². The number of hydrogen-bond acceptors (Lipinski definition) is 2. The molecule has 1 unspecified atom stereocenters. The molecule has 3 nitrogen and oxygen atoms in total. The molecule has 1 aromatic rings. The van der Waals surface area contributed by atoms with Crippen LogP contribution in [0, 0.1) is 6.92 Å². The van der Waals surface area contributed by atoms with Crippen molar-refractivity contribution < 1.29 is 4.79 Å². The molecule has 17 heavy (non-hydrogen) atoms. The number of amides is 1. The zero-order valence-electron chi connectivity index (χ0n) is 9.92. The smallest absolute Gasteiger partial charge is 0.242 e. The van der Waals surface area contributed by atoms with Crippen molar-refractivity contribution in [1.82, 2.24) is 5.32 Å². The van der Waals surface area contributed by atoms with Gasteiger partial charge in [0.1, 0.15) is 6.04 Å². The van der Waals surface area contributed by atoms with E-state index < -0.39 is 0 Å². The molecule has 0 aliphatic carbocycles. The van der Waals surface area contributed by atoms with Gasteiger partial charge in [0.25, 0.3) is 0 Å². The molecular weight excluding hydrogens is 236 g/mol. The van der Waals surface area contributed by atoms with E-state index >= 15 is 0 Å². The van der Waals surface area contributed by atoms with Gasteiger partial charge in [0, 0.05) is 17.3 Å². The molecule has 1 saturated heterocycles. The summed E-state index contributed by atoms with van der Waals surface area (Å²) in [4.78, 5) is 11.8. The standard InChI is InChI=1S/C13H17ClN2O/c1-9-8-10(14)5-6-11(9)16-12-4-2-3-7-15-13(12)17/h5-6,8,12,16H,2-4,7H2,1H3,(H,15,17). The first-order valence-corrected chi connectivity index (χ1v) is 6.35. The van der Waals surface area contributed by atoms with Gasteiger partial charge in [-0.2, -0.15) is 0 Å². The maximum atomic E-state index is 11.8. The van der Waals surface area contributed by atoms with Crippen molar-refractivity contribution in [1.29, 1.82) is 0 Å². The predicted molar refractivity (Wildman–Crippen MR) is 70.5 cm³/mol. The van der Waals surface area contributed by atoms with Crippen molar-refractivity contribution in [3.05, 3.63) is 28.8 Å². The number of hydrogen-bond donors (Lipinski definition) is 2. The van der Waals surface area contributed by atoms with Gasteiger partial charge in [-0.1, -0.05) is 11.6 Å². The van der Waals surface area contributed by atoms with Gasteiger partial charge in [-0.05, 0) is 49.9 Å². The van der Waals surface area contributed by atoms with Crippen LogP contribution in [0.1, 0.15) is 24.8 Å². The van der Waals surface area contributed by atoms with Crippen molar-refractivity contribution in [3.63, 3.8) is 0 Å². The van der Waals surface area contributed by atoms with Crippen molar-refractivity contribution in [2.45, 2.75) is 32.2 Å². The molecule has 0 saturated carbocycles. The Kier molecular flexibility index (Phi) is 3.89. The molecule has 2 N–H and O–H groups in total. The van der Waals surface area contributed by atoms with E-state index in [4.69, 9.17) is 11.6 Å². The Labute approximate surface area is 107 Å². The highest BCUT2D eigenvalue weighted by molar-refractivity contribution is 6.30. The van der Waals surface area contributed by atoms with Crippen LogP contribution in [0.2, 0.25) is 5.02 Å². The molecule has 1 aliphatic heterocycles. The van der Waals surface area contributed by atoms with Crippen LogP contribution in [-0.4, -0.2) is 18.5 Å². The average molecular weight is 253 g/mol. The molecule has 4 heteroatoms. The van der Waals surface area contributed by atoms with Gasteiger partial charge in [0.2, 0.25) is 5.91 Å². The number of carbonyl (C=O) groups is 1. The molecule has 0 radical (unpaired) electrons. The normalized spacial score (nSPS) is 20.6. The predicted octanol–water partition coefficient (Wildman–Crippen LogP) is 2.73. The van der Waals surface area contributed by atoms with Crippen LogP contribution in [0.5, 0.6) is 0 Å². The Hall–Kier alpha value is -1.22. The summed E-state index contributed by atoms with van der Waals surface area (Å²) in [6, 6.07) is 5.54. The summed E-state index contributed by atoms with van der Waals surface area (Å²) in [5.41, 5.74) is 2.05.